The first-order valence-electron chi connectivity index (χ1n) is 9.18. The molecule has 32 heavy (non-hydrogen) atoms. The first-order chi connectivity index (χ1) is 15.3. The molecule has 1 amide bonds. The molecule has 6 nitrogen and oxygen atoms in total. The number of aliphatic hydroxyl groups is 1. The molecule has 0 fully saturated rings. The smallest absolute Gasteiger partial charge is 0.344 e. The van der Waals surface area contributed by atoms with E-state index in [1.54, 1.807) is 31.2 Å². The maximum atomic E-state index is 12.7. The van der Waals surface area contributed by atoms with Gasteiger partial charge in [0.1, 0.15) is 22.1 Å². The monoisotopic (exact) mass is 511 g/mol. The summed E-state index contributed by atoms with van der Waals surface area (Å²) >= 11 is 19.3. The summed E-state index contributed by atoms with van der Waals surface area (Å²) in [6.45, 7) is 1.70. The molecule has 10 heteroatoms. The zero-order valence-electron chi connectivity index (χ0n) is 16.8. The molecule has 0 saturated heterocycles. The van der Waals surface area contributed by atoms with E-state index in [2.05, 4.69) is 4.99 Å². The fraction of sp³-hybridized carbons (Fsp3) is 0.136. The maximum absolute atomic E-state index is 12.7. The van der Waals surface area contributed by atoms with Crippen molar-refractivity contribution in [1.82, 2.24) is 0 Å². The number of benzene rings is 2. The summed E-state index contributed by atoms with van der Waals surface area (Å²) in [7, 11) is 1.44. The van der Waals surface area contributed by atoms with Gasteiger partial charge < -0.3 is 14.6 Å². The van der Waals surface area contributed by atoms with E-state index in [0.29, 0.717) is 16.3 Å². The fourth-order valence-corrected chi connectivity index (χ4v) is 4.63. The topological polar surface area (TPSA) is 85.2 Å². The van der Waals surface area contributed by atoms with Gasteiger partial charge in [-0.15, -0.1) is 0 Å². The van der Waals surface area contributed by atoms with Crippen molar-refractivity contribution < 1.29 is 24.2 Å². The van der Waals surface area contributed by atoms with Crippen molar-refractivity contribution in [2.24, 2.45) is 4.99 Å². The van der Waals surface area contributed by atoms with Crippen molar-refractivity contribution in [2.75, 3.05) is 13.7 Å². The van der Waals surface area contributed by atoms with E-state index in [1.807, 2.05) is 0 Å². The molecule has 1 N–H and O–H groups in total. The second kappa shape index (κ2) is 10.4. The van der Waals surface area contributed by atoms with Crippen LogP contribution >= 0.6 is 46.6 Å². The lowest BCUT2D eigenvalue weighted by Gasteiger charge is -2.08. The van der Waals surface area contributed by atoms with Crippen molar-refractivity contribution in [3.63, 3.8) is 0 Å². The lowest BCUT2D eigenvalue weighted by Crippen LogP contribution is -2.14. The minimum absolute atomic E-state index is 0.0239. The summed E-state index contributed by atoms with van der Waals surface area (Å²) in [6, 6.07) is 9.48. The van der Waals surface area contributed by atoms with Gasteiger partial charge in [-0.2, -0.15) is 0 Å². The molecule has 1 heterocycles. The molecule has 1 aliphatic rings. The quantitative estimate of drug-likeness (QED) is 0.469. The highest BCUT2D eigenvalue weighted by Crippen LogP contribution is 2.42. The van der Waals surface area contributed by atoms with Crippen LogP contribution in [0.15, 0.2) is 57.6 Å². The Hall–Kier alpha value is -2.45. The third-order valence-corrected chi connectivity index (χ3v) is 6.05. The number of halogens is 3. The van der Waals surface area contributed by atoms with Crippen LogP contribution in [0.25, 0.3) is 6.08 Å². The van der Waals surface area contributed by atoms with Gasteiger partial charge in [0.15, 0.2) is 0 Å². The van der Waals surface area contributed by atoms with Gasteiger partial charge in [-0.1, -0.05) is 58.7 Å². The standard InChI is InChI=1S/C22H16Cl3NO5S/c1-3-31-22(29)17-18(27)16(9-11-8-12(23)10-15(25)19(11)30-2)32-21(17)26-20(28)13-6-4-5-7-14(13)24/h4-10,27H,3H2,1-2H3/b16-9-,26-21?. The third-order valence-electron chi connectivity index (χ3n) is 4.21. The summed E-state index contributed by atoms with van der Waals surface area (Å²) < 4.78 is 10.4. The Morgan fingerprint density at radius 3 is 2.53 bits per heavy atom. The fourth-order valence-electron chi connectivity index (χ4n) is 2.82. The van der Waals surface area contributed by atoms with Crippen LogP contribution in [0.5, 0.6) is 5.75 Å². The van der Waals surface area contributed by atoms with Gasteiger partial charge >= 0.3 is 5.97 Å². The van der Waals surface area contributed by atoms with Gasteiger partial charge in [0.25, 0.3) is 5.91 Å². The average molecular weight is 513 g/mol. The van der Waals surface area contributed by atoms with Crippen LogP contribution in [0.2, 0.25) is 15.1 Å². The number of amides is 1. The average Bonchev–Trinajstić information content (AvgIpc) is 3.03. The Kier molecular flexibility index (Phi) is 7.90. The number of carbonyl (C=O) groups excluding carboxylic acids is 2. The number of methoxy groups -OCH3 is 1. The number of aliphatic imine (C=N–C) groups is 1. The van der Waals surface area contributed by atoms with Crippen molar-refractivity contribution in [3.05, 3.63) is 78.8 Å². The Morgan fingerprint density at radius 1 is 1.16 bits per heavy atom. The Labute approximate surface area is 203 Å². The lowest BCUT2D eigenvalue weighted by molar-refractivity contribution is -0.138. The van der Waals surface area contributed by atoms with Crippen molar-refractivity contribution >= 4 is 69.6 Å². The molecule has 2 aromatic rings. The molecule has 0 unspecified atom stereocenters. The van der Waals surface area contributed by atoms with Gasteiger partial charge in [-0.25, -0.2) is 9.79 Å². The van der Waals surface area contributed by atoms with Crippen LogP contribution in [-0.4, -0.2) is 35.7 Å². The largest absolute Gasteiger partial charge is 0.506 e. The summed E-state index contributed by atoms with van der Waals surface area (Å²) in [5.74, 6) is -1.55. The van der Waals surface area contributed by atoms with Gasteiger partial charge in [-0.3, -0.25) is 4.79 Å². The number of ether oxygens (including phenoxy) is 2. The molecule has 0 aliphatic carbocycles. The minimum Gasteiger partial charge on any atom is -0.506 e. The van der Waals surface area contributed by atoms with Crippen LogP contribution in [-0.2, 0) is 9.53 Å². The molecule has 1 aliphatic heterocycles. The van der Waals surface area contributed by atoms with E-state index in [4.69, 9.17) is 44.3 Å². The zero-order valence-corrected chi connectivity index (χ0v) is 19.9. The molecule has 0 atom stereocenters. The Bertz CT molecular complexity index is 1190. The molecule has 3 rings (SSSR count). The SMILES string of the molecule is CCOC(=O)C1=C(O)/C(=C/c2cc(Cl)cc(Cl)c2OC)SC1=NC(=O)c1ccccc1Cl. The second-order valence-electron chi connectivity index (χ2n) is 6.27. The highest BCUT2D eigenvalue weighted by Gasteiger charge is 2.34. The van der Waals surface area contributed by atoms with Gasteiger partial charge in [0.05, 0.1) is 34.2 Å². The molecule has 0 aromatic heterocycles. The number of carbonyl (C=O) groups is 2. The summed E-state index contributed by atoms with van der Waals surface area (Å²) in [6.07, 6.45) is 1.53. The van der Waals surface area contributed by atoms with Gasteiger partial charge in [-0.05, 0) is 37.3 Å². The van der Waals surface area contributed by atoms with Crippen LogP contribution in [0, 0.1) is 0 Å². The van der Waals surface area contributed by atoms with E-state index in [1.165, 1.54) is 25.3 Å². The predicted octanol–water partition coefficient (Wildman–Crippen LogP) is 6.36. The van der Waals surface area contributed by atoms with E-state index >= 15 is 0 Å². The molecule has 0 radical (unpaired) electrons. The number of rotatable bonds is 5. The van der Waals surface area contributed by atoms with Crippen molar-refractivity contribution in [2.45, 2.75) is 6.92 Å². The van der Waals surface area contributed by atoms with E-state index in [9.17, 15) is 14.7 Å². The maximum Gasteiger partial charge on any atom is 0.344 e. The van der Waals surface area contributed by atoms with E-state index < -0.39 is 17.6 Å². The predicted molar refractivity (Wildman–Crippen MR) is 128 cm³/mol. The third kappa shape index (κ3) is 5.13. The molecular weight excluding hydrogens is 497 g/mol. The lowest BCUT2D eigenvalue weighted by atomic mass is 10.1. The van der Waals surface area contributed by atoms with Crippen LogP contribution in [0.3, 0.4) is 0 Å². The van der Waals surface area contributed by atoms with E-state index in [0.717, 1.165) is 11.8 Å². The molecule has 0 spiro atoms. The highest BCUT2D eigenvalue weighted by atomic mass is 35.5. The molecule has 0 bridgehead atoms. The number of hydrogen-bond donors (Lipinski definition) is 1. The second-order valence-corrected chi connectivity index (χ2v) is 8.55. The molecule has 2 aromatic carbocycles. The van der Waals surface area contributed by atoms with Crippen molar-refractivity contribution in [1.29, 1.82) is 0 Å². The number of aliphatic hydroxyl groups excluding tert-OH is 1. The summed E-state index contributed by atoms with van der Waals surface area (Å²) in [4.78, 5) is 29.5. The van der Waals surface area contributed by atoms with Crippen LogP contribution in [0.4, 0.5) is 0 Å². The number of nitrogens with zero attached hydrogens (tertiary/aromatic N) is 1. The molecule has 166 valence electrons. The van der Waals surface area contributed by atoms with Crippen molar-refractivity contribution in [3.8, 4) is 5.75 Å². The number of thioether (sulfide) groups is 1. The zero-order chi connectivity index (χ0) is 23.4. The summed E-state index contributed by atoms with van der Waals surface area (Å²) in [5.41, 5.74) is 0.391. The number of hydrogen-bond acceptors (Lipinski definition) is 6. The Morgan fingerprint density at radius 2 is 1.88 bits per heavy atom. The Balaban J connectivity index is 2.10. The van der Waals surface area contributed by atoms with Gasteiger partial charge in [0.2, 0.25) is 0 Å². The summed E-state index contributed by atoms with van der Waals surface area (Å²) in [5, 5.41) is 11.6. The minimum atomic E-state index is -0.817. The first-order valence-corrected chi connectivity index (χ1v) is 11.1. The van der Waals surface area contributed by atoms with Crippen LogP contribution in [0.1, 0.15) is 22.8 Å². The first kappa shape index (κ1) is 24.2. The van der Waals surface area contributed by atoms with Crippen LogP contribution < -0.4 is 4.74 Å². The molecule has 0 saturated carbocycles. The number of esters is 1. The molecular formula is C22H16Cl3NO5S. The highest BCUT2D eigenvalue weighted by molar-refractivity contribution is 8.18. The van der Waals surface area contributed by atoms with E-state index in [-0.39, 0.29) is 37.7 Å². The normalized spacial score (nSPS) is 16.0. The van der Waals surface area contributed by atoms with Gasteiger partial charge in [0, 0.05) is 10.6 Å².